The zero-order valence-corrected chi connectivity index (χ0v) is 12.2. The summed E-state index contributed by atoms with van der Waals surface area (Å²) in [7, 11) is -1.16. The number of rotatable bonds is 4. The molecule has 2 aromatic rings. The number of nitrogens with two attached hydrogens (primary N) is 1. The molecule has 2 rings (SSSR count). The third-order valence-electron chi connectivity index (χ3n) is 2.97. The Bertz CT molecular complexity index is 754. The van der Waals surface area contributed by atoms with Crippen LogP contribution in [0.5, 0.6) is 0 Å². The van der Waals surface area contributed by atoms with E-state index >= 15 is 0 Å². The number of anilines is 1. The van der Waals surface area contributed by atoms with Crippen molar-refractivity contribution in [3.63, 3.8) is 0 Å². The summed E-state index contributed by atoms with van der Waals surface area (Å²) in [5, 5.41) is -0.174. The molecule has 6 nitrogen and oxygen atoms in total. The Morgan fingerprint density at radius 3 is 2.57 bits per heavy atom. The van der Waals surface area contributed by atoms with Crippen LogP contribution in [0.15, 0.2) is 29.6 Å². The standard InChI is InChI=1S/C12H14F2N4O2S/c1-17-7-16-11(15)12(17)21(19,20)18(2)6-8-3-4-9(13)5-10(8)14/h3-5,7H,6,15H2,1-2H3. The van der Waals surface area contributed by atoms with Crippen LogP contribution in [0.1, 0.15) is 5.56 Å². The van der Waals surface area contributed by atoms with Gasteiger partial charge >= 0.3 is 0 Å². The summed E-state index contributed by atoms with van der Waals surface area (Å²) in [5.74, 6) is -1.67. The molecule has 0 aliphatic rings. The molecule has 0 aliphatic heterocycles. The van der Waals surface area contributed by atoms with E-state index in [1.54, 1.807) is 0 Å². The molecule has 0 saturated heterocycles. The molecule has 2 N–H and O–H groups in total. The highest BCUT2D eigenvalue weighted by Gasteiger charge is 2.28. The molecule has 0 fully saturated rings. The van der Waals surface area contributed by atoms with Crippen molar-refractivity contribution in [3.8, 4) is 0 Å². The molecule has 0 unspecified atom stereocenters. The topological polar surface area (TPSA) is 81.2 Å². The molecule has 114 valence electrons. The summed E-state index contributed by atoms with van der Waals surface area (Å²) in [6.07, 6.45) is 1.27. The van der Waals surface area contributed by atoms with E-state index in [0.29, 0.717) is 6.07 Å². The van der Waals surface area contributed by atoms with Crippen LogP contribution in [0, 0.1) is 11.6 Å². The lowest BCUT2D eigenvalue weighted by molar-refractivity contribution is 0.450. The molecule has 0 radical (unpaired) electrons. The first-order chi connectivity index (χ1) is 9.73. The quantitative estimate of drug-likeness (QED) is 0.916. The summed E-state index contributed by atoms with van der Waals surface area (Å²) in [6, 6.07) is 2.97. The van der Waals surface area contributed by atoms with Crippen LogP contribution in [-0.4, -0.2) is 29.3 Å². The van der Waals surface area contributed by atoms with Crippen molar-refractivity contribution < 1.29 is 17.2 Å². The smallest absolute Gasteiger partial charge is 0.262 e. The summed E-state index contributed by atoms with van der Waals surface area (Å²) in [5.41, 5.74) is 5.61. The summed E-state index contributed by atoms with van der Waals surface area (Å²) >= 11 is 0. The van der Waals surface area contributed by atoms with Crippen LogP contribution in [-0.2, 0) is 23.6 Å². The lowest BCUT2D eigenvalue weighted by Crippen LogP contribution is -2.29. The maximum absolute atomic E-state index is 13.6. The van der Waals surface area contributed by atoms with Gasteiger partial charge in [-0.15, -0.1) is 0 Å². The Morgan fingerprint density at radius 1 is 1.38 bits per heavy atom. The van der Waals surface area contributed by atoms with Gasteiger partial charge in [-0.25, -0.2) is 22.2 Å². The molecule has 0 amide bonds. The fourth-order valence-corrected chi connectivity index (χ4v) is 3.21. The first-order valence-corrected chi connectivity index (χ1v) is 7.34. The summed E-state index contributed by atoms with van der Waals surface area (Å²) < 4.78 is 53.4. The maximum atomic E-state index is 13.6. The van der Waals surface area contributed by atoms with E-state index in [9.17, 15) is 17.2 Å². The molecule has 1 aromatic carbocycles. The zero-order chi connectivity index (χ0) is 15.8. The van der Waals surface area contributed by atoms with Crippen molar-refractivity contribution in [1.82, 2.24) is 13.9 Å². The van der Waals surface area contributed by atoms with Gasteiger partial charge in [0.05, 0.1) is 6.33 Å². The number of benzene rings is 1. The van der Waals surface area contributed by atoms with Crippen molar-refractivity contribution in [2.75, 3.05) is 12.8 Å². The van der Waals surface area contributed by atoms with Crippen LogP contribution in [0.25, 0.3) is 0 Å². The first-order valence-electron chi connectivity index (χ1n) is 5.90. The second kappa shape index (κ2) is 5.41. The summed E-state index contributed by atoms with van der Waals surface area (Å²) in [6.45, 7) is -0.251. The summed E-state index contributed by atoms with van der Waals surface area (Å²) in [4.78, 5) is 3.71. The average molecular weight is 316 g/mol. The third-order valence-corrected chi connectivity index (χ3v) is 4.91. The van der Waals surface area contributed by atoms with Crippen molar-refractivity contribution >= 4 is 15.8 Å². The number of sulfonamides is 1. The number of nitrogens with zero attached hydrogens (tertiary/aromatic N) is 3. The number of aryl methyl sites for hydroxylation is 1. The van der Waals surface area contributed by atoms with Crippen LogP contribution < -0.4 is 5.73 Å². The normalized spacial score (nSPS) is 12.0. The molecule has 9 heteroatoms. The minimum absolute atomic E-state index is 0.0585. The molecule has 0 atom stereocenters. The van der Waals surface area contributed by atoms with Crippen LogP contribution in [0.3, 0.4) is 0 Å². The number of hydrogen-bond donors (Lipinski definition) is 1. The van der Waals surface area contributed by atoms with Gasteiger partial charge in [0.15, 0.2) is 10.8 Å². The Labute approximate surface area is 120 Å². The van der Waals surface area contributed by atoms with Gasteiger partial charge in [-0.2, -0.15) is 4.31 Å². The fraction of sp³-hybridized carbons (Fsp3) is 0.250. The van der Waals surface area contributed by atoms with Crippen molar-refractivity contribution in [2.45, 2.75) is 11.6 Å². The van der Waals surface area contributed by atoms with Gasteiger partial charge in [-0.3, -0.25) is 0 Å². The molecule has 0 aliphatic carbocycles. The molecule has 0 spiro atoms. The molecule has 0 bridgehead atoms. The molecule has 1 aromatic heterocycles. The predicted molar refractivity (Wildman–Crippen MR) is 72.6 cm³/mol. The number of hydrogen-bond acceptors (Lipinski definition) is 4. The van der Waals surface area contributed by atoms with Crippen molar-refractivity contribution in [3.05, 3.63) is 41.7 Å². The fourth-order valence-electron chi connectivity index (χ4n) is 1.87. The van der Waals surface area contributed by atoms with E-state index in [2.05, 4.69) is 4.98 Å². The second-order valence-electron chi connectivity index (χ2n) is 4.54. The lowest BCUT2D eigenvalue weighted by Gasteiger charge is -2.18. The molecule has 0 saturated carbocycles. The molecular weight excluding hydrogens is 302 g/mol. The van der Waals surface area contributed by atoms with Crippen LogP contribution >= 0.6 is 0 Å². The lowest BCUT2D eigenvalue weighted by atomic mass is 10.2. The second-order valence-corrected chi connectivity index (χ2v) is 6.50. The number of imidazole rings is 1. The van der Waals surface area contributed by atoms with Gasteiger partial charge in [-0.1, -0.05) is 6.07 Å². The van der Waals surface area contributed by atoms with Crippen LogP contribution in [0.4, 0.5) is 14.6 Å². The Morgan fingerprint density at radius 2 is 2.05 bits per heavy atom. The van der Waals surface area contributed by atoms with Gasteiger partial charge in [-0.05, 0) is 6.07 Å². The van der Waals surface area contributed by atoms with Gasteiger partial charge in [0.1, 0.15) is 11.6 Å². The van der Waals surface area contributed by atoms with Crippen LogP contribution in [0.2, 0.25) is 0 Å². The third kappa shape index (κ3) is 2.88. The van der Waals surface area contributed by atoms with E-state index in [1.165, 1.54) is 31.1 Å². The first kappa shape index (κ1) is 15.4. The zero-order valence-electron chi connectivity index (χ0n) is 11.4. The largest absolute Gasteiger partial charge is 0.381 e. The molecule has 21 heavy (non-hydrogen) atoms. The number of aromatic nitrogens is 2. The van der Waals surface area contributed by atoms with E-state index in [-0.39, 0.29) is 23.0 Å². The van der Waals surface area contributed by atoms with Gasteiger partial charge in [0.25, 0.3) is 10.0 Å². The van der Waals surface area contributed by atoms with Gasteiger partial charge < -0.3 is 10.3 Å². The molecular formula is C12H14F2N4O2S. The Hall–Kier alpha value is -2.00. The SMILES string of the molecule is CN(Cc1ccc(F)cc1F)S(=O)(=O)c1c(N)ncn1C. The minimum Gasteiger partial charge on any atom is -0.381 e. The number of nitrogen functional groups attached to an aromatic ring is 1. The monoisotopic (exact) mass is 316 g/mol. The number of halogens is 2. The highest BCUT2D eigenvalue weighted by Crippen LogP contribution is 2.22. The predicted octanol–water partition coefficient (Wildman–Crippen LogP) is 1.10. The van der Waals surface area contributed by atoms with E-state index in [0.717, 1.165) is 10.4 Å². The van der Waals surface area contributed by atoms with E-state index in [1.807, 2.05) is 0 Å². The van der Waals surface area contributed by atoms with E-state index in [4.69, 9.17) is 5.73 Å². The Balaban J connectivity index is 2.33. The Kier molecular flexibility index (Phi) is 3.97. The van der Waals surface area contributed by atoms with E-state index < -0.39 is 21.7 Å². The van der Waals surface area contributed by atoms with Crippen molar-refractivity contribution in [2.24, 2.45) is 7.05 Å². The highest BCUT2D eigenvalue weighted by atomic mass is 32.2. The maximum Gasteiger partial charge on any atom is 0.262 e. The highest BCUT2D eigenvalue weighted by molar-refractivity contribution is 7.89. The van der Waals surface area contributed by atoms with Gasteiger partial charge in [0, 0.05) is 32.3 Å². The minimum atomic E-state index is -3.93. The molecule has 1 heterocycles. The average Bonchev–Trinajstić information content (AvgIpc) is 2.72. The van der Waals surface area contributed by atoms with Crippen molar-refractivity contribution in [1.29, 1.82) is 0 Å². The van der Waals surface area contributed by atoms with Gasteiger partial charge in [0.2, 0.25) is 0 Å².